The molecule has 0 fully saturated rings. The SMILES string of the molecule is CCC(CC)(CC(=O)NC(C)COC)C(=O)O. The van der Waals surface area contributed by atoms with Gasteiger partial charge in [0, 0.05) is 19.6 Å². The zero-order valence-corrected chi connectivity index (χ0v) is 11.1. The quantitative estimate of drug-likeness (QED) is 0.678. The predicted octanol–water partition coefficient (Wildman–Crippen LogP) is 1.42. The molecule has 0 aliphatic rings. The molecule has 1 amide bonds. The molecule has 0 aromatic rings. The van der Waals surface area contributed by atoms with Crippen LogP contribution in [-0.2, 0) is 14.3 Å². The van der Waals surface area contributed by atoms with E-state index in [2.05, 4.69) is 5.32 Å². The molecule has 2 N–H and O–H groups in total. The van der Waals surface area contributed by atoms with E-state index in [0.717, 1.165) is 0 Å². The molecule has 0 saturated carbocycles. The number of carbonyl (C=O) groups is 2. The first kappa shape index (κ1) is 15.9. The lowest BCUT2D eigenvalue weighted by atomic mass is 9.79. The first-order valence-electron chi connectivity index (χ1n) is 5.93. The molecule has 5 nitrogen and oxygen atoms in total. The van der Waals surface area contributed by atoms with Gasteiger partial charge in [0.15, 0.2) is 0 Å². The molecule has 5 heteroatoms. The summed E-state index contributed by atoms with van der Waals surface area (Å²) in [6.45, 7) is 5.83. The van der Waals surface area contributed by atoms with Gasteiger partial charge in [0.2, 0.25) is 5.91 Å². The topological polar surface area (TPSA) is 75.6 Å². The average Bonchev–Trinajstić information content (AvgIpc) is 2.25. The van der Waals surface area contributed by atoms with Gasteiger partial charge in [-0.3, -0.25) is 9.59 Å². The smallest absolute Gasteiger partial charge is 0.310 e. The summed E-state index contributed by atoms with van der Waals surface area (Å²) in [5, 5.41) is 11.9. The Labute approximate surface area is 103 Å². The maximum atomic E-state index is 11.7. The maximum Gasteiger partial charge on any atom is 0.310 e. The lowest BCUT2D eigenvalue weighted by Crippen LogP contribution is -2.41. The van der Waals surface area contributed by atoms with E-state index in [1.54, 1.807) is 21.0 Å². The van der Waals surface area contributed by atoms with Gasteiger partial charge in [-0.15, -0.1) is 0 Å². The molecule has 0 aliphatic carbocycles. The number of carboxylic acids is 1. The van der Waals surface area contributed by atoms with E-state index < -0.39 is 11.4 Å². The van der Waals surface area contributed by atoms with E-state index in [0.29, 0.717) is 19.4 Å². The number of methoxy groups -OCH3 is 1. The van der Waals surface area contributed by atoms with Crippen LogP contribution in [0.5, 0.6) is 0 Å². The molecule has 100 valence electrons. The second-order valence-electron chi connectivity index (χ2n) is 4.39. The van der Waals surface area contributed by atoms with Gasteiger partial charge in [-0.1, -0.05) is 13.8 Å². The number of amides is 1. The largest absolute Gasteiger partial charge is 0.481 e. The zero-order chi connectivity index (χ0) is 13.5. The van der Waals surface area contributed by atoms with E-state index >= 15 is 0 Å². The number of rotatable bonds is 8. The zero-order valence-electron chi connectivity index (χ0n) is 11.1. The fraction of sp³-hybridized carbons (Fsp3) is 0.833. The summed E-state index contributed by atoms with van der Waals surface area (Å²) in [7, 11) is 1.56. The lowest BCUT2D eigenvalue weighted by molar-refractivity contribution is -0.152. The Morgan fingerprint density at radius 1 is 1.35 bits per heavy atom. The van der Waals surface area contributed by atoms with Crippen molar-refractivity contribution in [1.29, 1.82) is 0 Å². The van der Waals surface area contributed by atoms with Crippen molar-refractivity contribution in [2.24, 2.45) is 5.41 Å². The van der Waals surface area contributed by atoms with Crippen molar-refractivity contribution < 1.29 is 19.4 Å². The van der Waals surface area contributed by atoms with Gasteiger partial charge in [0.25, 0.3) is 0 Å². The number of carboxylic acid groups (broad SMARTS) is 1. The van der Waals surface area contributed by atoms with Crippen LogP contribution in [0.2, 0.25) is 0 Å². The van der Waals surface area contributed by atoms with Crippen LogP contribution in [0.15, 0.2) is 0 Å². The summed E-state index contributed by atoms with van der Waals surface area (Å²) in [4.78, 5) is 23.0. The molecule has 0 heterocycles. The van der Waals surface area contributed by atoms with Crippen molar-refractivity contribution in [3.8, 4) is 0 Å². The third-order valence-electron chi connectivity index (χ3n) is 3.13. The van der Waals surface area contributed by atoms with Gasteiger partial charge >= 0.3 is 5.97 Å². The van der Waals surface area contributed by atoms with Gasteiger partial charge in [-0.25, -0.2) is 0 Å². The highest BCUT2D eigenvalue weighted by atomic mass is 16.5. The summed E-state index contributed by atoms with van der Waals surface area (Å²) in [5.74, 6) is -1.14. The number of aliphatic carboxylic acids is 1. The summed E-state index contributed by atoms with van der Waals surface area (Å²) < 4.78 is 4.90. The van der Waals surface area contributed by atoms with Crippen LogP contribution >= 0.6 is 0 Å². The molecule has 0 rings (SSSR count). The fourth-order valence-corrected chi connectivity index (χ4v) is 1.80. The van der Waals surface area contributed by atoms with Gasteiger partial charge in [0.05, 0.1) is 12.0 Å². The van der Waals surface area contributed by atoms with Crippen LogP contribution < -0.4 is 5.32 Å². The van der Waals surface area contributed by atoms with E-state index in [9.17, 15) is 14.7 Å². The predicted molar refractivity (Wildman–Crippen MR) is 64.7 cm³/mol. The van der Waals surface area contributed by atoms with E-state index in [1.807, 2.05) is 6.92 Å². The Hall–Kier alpha value is -1.10. The third kappa shape index (κ3) is 4.73. The number of nitrogens with one attached hydrogen (secondary N) is 1. The van der Waals surface area contributed by atoms with Gasteiger partial charge in [0.1, 0.15) is 0 Å². The molecule has 0 bridgehead atoms. The fourth-order valence-electron chi connectivity index (χ4n) is 1.80. The number of hydrogen-bond acceptors (Lipinski definition) is 3. The van der Waals surface area contributed by atoms with E-state index in [-0.39, 0.29) is 18.4 Å². The minimum Gasteiger partial charge on any atom is -0.481 e. The van der Waals surface area contributed by atoms with Crippen molar-refractivity contribution in [2.75, 3.05) is 13.7 Å². The van der Waals surface area contributed by atoms with Crippen LogP contribution in [-0.4, -0.2) is 36.7 Å². The third-order valence-corrected chi connectivity index (χ3v) is 3.13. The molecule has 1 unspecified atom stereocenters. The van der Waals surface area contributed by atoms with Gasteiger partial charge in [-0.2, -0.15) is 0 Å². The number of carbonyl (C=O) groups excluding carboxylic acids is 1. The summed E-state index contributed by atoms with van der Waals surface area (Å²) >= 11 is 0. The molecule has 0 radical (unpaired) electrons. The molecular weight excluding hydrogens is 222 g/mol. The molecule has 0 spiro atoms. The molecule has 0 aromatic heterocycles. The summed E-state index contributed by atoms with van der Waals surface area (Å²) in [6.07, 6.45) is 0.916. The van der Waals surface area contributed by atoms with Crippen LogP contribution in [0.25, 0.3) is 0 Å². The minimum absolute atomic E-state index is 0.0172. The first-order valence-corrected chi connectivity index (χ1v) is 5.93. The van der Waals surface area contributed by atoms with Crippen molar-refractivity contribution >= 4 is 11.9 Å². The minimum atomic E-state index is -0.948. The van der Waals surface area contributed by atoms with Crippen LogP contribution in [0.1, 0.15) is 40.0 Å². The highest BCUT2D eigenvalue weighted by Crippen LogP contribution is 2.30. The number of hydrogen-bond donors (Lipinski definition) is 2. The normalized spacial score (nSPS) is 13.2. The second-order valence-corrected chi connectivity index (χ2v) is 4.39. The Kier molecular flexibility index (Phi) is 6.80. The monoisotopic (exact) mass is 245 g/mol. The Morgan fingerprint density at radius 3 is 2.24 bits per heavy atom. The van der Waals surface area contributed by atoms with Crippen molar-refractivity contribution in [3.05, 3.63) is 0 Å². The highest BCUT2D eigenvalue weighted by Gasteiger charge is 2.37. The highest BCUT2D eigenvalue weighted by molar-refractivity contribution is 5.85. The average molecular weight is 245 g/mol. The van der Waals surface area contributed by atoms with Crippen molar-refractivity contribution in [3.63, 3.8) is 0 Å². The van der Waals surface area contributed by atoms with Crippen molar-refractivity contribution in [1.82, 2.24) is 5.32 Å². The number of ether oxygens (including phenoxy) is 1. The summed E-state index contributed by atoms with van der Waals surface area (Å²) in [6, 6.07) is -0.104. The Morgan fingerprint density at radius 2 is 1.88 bits per heavy atom. The molecule has 1 atom stereocenters. The Bertz CT molecular complexity index is 261. The Balaban J connectivity index is 4.47. The maximum absolute atomic E-state index is 11.7. The first-order chi connectivity index (χ1) is 7.91. The van der Waals surface area contributed by atoms with Crippen LogP contribution in [0.4, 0.5) is 0 Å². The molecule has 0 saturated heterocycles. The standard InChI is InChI=1S/C12H23NO4/c1-5-12(6-2,11(15)16)7-10(14)13-9(3)8-17-4/h9H,5-8H2,1-4H3,(H,13,14)(H,15,16). The summed E-state index contributed by atoms with van der Waals surface area (Å²) in [5.41, 5.74) is -0.948. The van der Waals surface area contributed by atoms with Crippen molar-refractivity contribution in [2.45, 2.75) is 46.1 Å². The molecular formula is C12H23NO4. The molecule has 0 aromatic carbocycles. The van der Waals surface area contributed by atoms with Crippen LogP contribution in [0, 0.1) is 5.41 Å². The lowest BCUT2D eigenvalue weighted by Gasteiger charge is -2.26. The van der Waals surface area contributed by atoms with Gasteiger partial charge < -0.3 is 15.2 Å². The molecule has 0 aliphatic heterocycles. The van der Waals surface area contributed by atoms with E-state index in [1.165, 1.54) is 0 Å². The van der Waals surface area contributed by atoms with E-state index in [4.69, 9.17) is 4.74 Å². The molecule has 17 heavy (non-hydrogen) atoms. The van der Waals surface area contributed by atoms with Crippen LogP contribution in [0.3, 0.4) is 0 Å². The second kappa shape index (κ2) is 7.27. The van der Waals surface area contributed by atoms with Gasteiger partial charge in [-0.05, 0) is 19.8 Å².